The van der Waals surface area contributed by atoms with E-state index in [-0.39, 0.29) is 6.10 Å². The Labute approximate surface area is 92.6 Å². The summed E-state index contributed by atoms with van der Waals surface area (Å²) in [6.45, 7) is 6.40. The van der Waals surface area contributed by atoms with Crippen molar-refractivity contribution in [3.63, 3.8) is 0 Å². The number of aliphatic hydroxyl groups excluding tert-OH is 1. The molecular formula is C11H24N2O2. The molecule has 1 rings (SSSR count). The number of aliphatic hydroxyl groups is 1. The summed E-state index contributed by atoms with van der Waals surface area (Å²) >= 11 is 0. The van der Waals surface area contributed by atoms with E-state index in [0.29, 0.717) is 13.2 Å². The third-order valence-electron chi connectivity index (χ3n) is 2.78. The highest BCUT2D eigenvalue weighted by atomic mass is 16.5. The molecule has 4 heteroatoms. The molecule has 0 aromatic carbocycles. The zero-order chi connectivity index (χ0) is 11.1. The fourth-order valence-corrected chi connectivity index (χ4v) is 1.78. The van der Waals surface area contributed by atoms with E-state index in [4.69, 9.17) is 4.74 Å². The molecule has 0 spiro atoms. The average molecular weight is 216 g/mol. The van der Waals surface area contributed by atoms with Crippen molar-refractivity contribution in [2.45, 2.75) is 31.9 Å². The van der Waals surface area contributed by atoms with Gasteiger partial charge in [0.05, 0.1) is 12.7 Å². The van der Waals surface area contributed by atoms with Crippen molar-refractivity contribution in [2.24, 2.45) is 0 Å². The van der Waals surface area contributed by atoms with Crippen molar-refractivity contribution in [3.05, 3.63) is 0 Å². The van der Waals surface area contributed by atoms with Gasteiger partial charge in [0.2, 0.25) is 0 Å². The molecular weight excluding hydrogens is 192 g/mol. The Balaban J connectivity index is 1.95. The summed E-state index contributed by atoms with van der Waals surface area (Å²) in [4.78, 5) is 2.50. The fourth-order valence-electron chi connectivity index (χ4n) is 1.78. The molecule has 0 aromatic heterocycles. The predicted molar refractivity (Wildman–Crippen MR) is 61.0 cm³/mol. The van der Waals surface area contributed by atoms with Crippen molar-refractivity contribution in [2.75, 3.05) is 39.9 Å². The minimum atomic E-state index is -0.383. The van der Waals surface area contributed by atoms with Gasteiger partial charge >= 0.3 is 0 Å². The third kappa shape index (κ3) is 5.47. The quantitative estimate of drug-likeness (QED) is 0.535. The van der Waals surface area contributed by atoms with Gasteiger partial charge < -0.3 is 15.2 Å². The van der Waals surface area contributed by atoms with E-state index in [2.05, 4.69) is 17.1 Å². The van der Waals surface area contributed by atoms with Gasteiger partial charge in [-0.05, 0) is 19.4 Å². The van der Waals surface area contributed by atoms with Crippen molar-refractivity contribution < 1.29 is 9.84 Å². The van der Waals surface area contributed by atoms with Crippen LogP contribution in [0.2, 0.25) is 0 Å². The van der Waals surface area contributed by atoms with Gasteiger partial charge in [-0.3, -0.25) is 4.90 Å². The molecule has 2 N–H and O–H groups in total. The number of methoxy groups -OCH3 is 1. The summed E-state index contributed by atoms with van der Waals surface area (Å²) in [5, 5.41) is 12.6. The normalized spacial score (nSPS) is 18.4. The molecule has 0 amide bonds. The summed E-state index contributed by atoms with van der Waals surface area (Å²) < 4.78 is 4.85. The standard InChI is InChI=1S/C11H24N2O2/c1-3-13(10-4-5-10)7-6-12-8-11(14)9-15-2/h10-12,14H,3-9H2,1-2H3. The maximum absolute atomic E-state index is 9.39. The van der Waals surface area contributed by atoms with Crippen molar-refractivity contribution in [1.29, 1.82) is 0 Å². The van der Waals surface area contributed by atoms with Crippen LogP contribution in [0, 0.1) is 0 Å². The Morgan fingerprint density at radius 2 is 2.27 bits per heavy atom. The van der Waals surface area contributed by atoms with Crippen molar-refractivity contribution in [1.82, 2.24) is 10.2 Å². The molecule has 0 aromatic rings. The van der Waals surface area contributed by atoms with E-state index in [0.717, 1.165) is 25.7 Å². The van der Waals surface area contributed by atoms with Gasteiger partial charge in [-0.15, -0.1) is 0 Å². The first-order chi connectivity index (χ1) is 7.27. The van der Waals surface area contributed by atoms with Gasteiger partial charge in [-0.25, -0.2) is 0 Å². The molecule has 0 saturated heterocycles. The molecule has 1 unspecified atom stereocenters. The molecule has 0 heterocycles. The summed E-state index contributed by atoms with van der Waals surface area (Å²) in [5.74, 6) is 0. The fraction of sp³-hybridized carbons (Fsp3) is 1.00. The lowest BCUT2D eigenvalue weighted by Gasteiger charge is -2.20. The Bertz CT molecular complexity index is 163. The predicted octanol–water partition coefficient (Wildman–Crippen LogP) is 0.0676. The molecule has 15 heavy (non-hydrogen) atoms. The number of hydrogen-bond acceptors (Lipinski definition) is 4. The second-order valence-electron chi connectivity index (χ2n) is 4.17. The van der Waals surface area contributed by atoms with Gasteiger partial charge in [-0.1, -0.05) is 6.92 Å². The van der Waals surface area contributed by atoms with Gasteiger partial charge in [-0.2, -0.15) is 0 Å². The van der Waals surface area contributed by atoms with Crippen LogP contribution in [0.1, 0.15) is 19.8 Å². The van der Waals surface area contributed by atoms with E-state index >= 15 is 0 Å². The molecule has 1 atom stereocenters. The molecule has 1 saturated carbocycles. The summed E-state index contributed by atoms with van der Waals surface area (Å²) in [6, 6.07) is 0.834. The van der Waals surface area contributed by atoms with Crippen LogP contribution < -0.4 is 5.32 Å². The van der Waals surface area contributed by atoms with E-state index < -0.39 is 0 Å². The Kier molecular flexibility index (Phi) is 6.17. The molecule has 1 aliphatic rings. The number of nitrogens with one attached hydrogen (secondary N) is 1. The van der Waals surface area contributed by atoms with Gasteiger partial charge in [0.1, 0.15) is 0 Å². The van der Waals surface area contributed by atoms with Crippen molar-refractivity contribution in [3.8, 4) is 0 Å². The lowest BCUT2D eigenvalue weighted by atomic mass is 10.3. The first-order valence-corrected chi connectivity index (χ1v) is 5.89. The molecule has 1 aliphatic carbocycles. The molecule has 0 radical (unpaired) electrons. The average Bonchev–Trinajstić information content (AvgIpc) is 3.02. The highest BCUT2D eigenvalue weighted by Crippen LogP contribution is 2.25. The lowest BCUT2D eigenvalue weighted by molar-refractivity contribution is 0.0642. The van der Waals surface area contributed by atoms with Crippen LogP contribution in [0.25, 0.3) is 0 Å². The van der Waals surface area contributed by atoms with E-state index in [9.17, 15) is 5.11 Å². The zero-order valence-electron chi connectivity index (χ0n) is 9.91. The lowest BCUT2D eigenvalue weighted by Crippen LogP contribution is -2.37. The second kappa shape index (κ2) is 7.17. The third-order valence-corrected chi connectivity index (χ3v) is 2.78. The summed E-state index contributed by atoms with van der Waals surface area (Å²) in [7, 11) is 1.61. The minimum Gasteiger partial charge on any atom is -0.389 e. The second-order valence-corrected chi connectivity index (χ2v) is 4.17. The van der Waals surface area contributed by atoms with Crippen molar-refractivity contribution >= 4 is 0 Å². The van der Waals surface area contributed by atoms with Gasteiger partial charge in [0.25, 0.3) is 0 Å². The SMILES string of the molecule is CCN(CCNCC(O)COC)C1CC1. The molecule has 4 nitrogen and oxygen atoms in total. The Morgan fingerprint density at radius 1 is 1.53 bits per heavy atom. The van der Waals surface area contributed by atoms with E-state index in [1.807, 2.05) is 0 Å². The highest BCUT2D eigenvalue weighted by Gasteiger charge is 2.26. The van der Waals surface area contributed by atoms with Gasteiger partial charge in [0.15, 0.2) is 0 Å². The molecule has 0 bridgehead atoms. The molecule has 0 aliphatic heterocycles. The smallest absolute Gasteiger partial charge is 0.0897 e. The monoisotopic (exact) mass is 216 g/mol. The van der Waals surface area contributed by atoms with Crippen LogP contribution in [0.4, 0.5) is 0 Å². The summed E-state index contributed by atoms with van der Waals surface area (Å²) in [5.41, 5.74) is 0. The molecule has 90 valence electrons. The number of hydrogen-bond donors (Lipinski definition) is 2. The first kappa shape index (κ1) is 12.9. The Morgan fingerprint density at radius 3 is 2.80 bits per heavy atom. The molecule has 1 fully saturated rings. The largest absolute Gasteiger partial charge is 0.389 e. The number of ether oxygens (including phenoxy) is 1. The maximum atomic E-state index is 9.39. The van der Waals surface area contributed by atoms with Crippen LogP contribution in [0.15, 0.2) is 0 Å². The van der Waals surface area contributed by atoms with Crippen LogP contribution in [-0.4, -0.2) is 62.0 Å². The van der Waals surface area contributed by atoms with E-state index in [1.165, 1.54) is 12.8 Å². The number of nitrogens with zero attached hydrogens (tertiary/aromatic N) is 1. The maximum Gasteiger partial charge on any atom is 0.0897 e. The van der Waals surface area contributed by atoms with Crippen LogP contribution in [0.5, 0.6) is 0 Å². The van der Waals surface area contributed by atoms with E-state index in [1.54, 1.807) is 7.11 Å². The van der Waals surface area contributed by atoms with Crippen LogP contribution in [0.3, 0.4) is 0 Å². The number of likely N-dealkylation sites (N-methyl/N-ethyl adjacent to an activating group) is 1. The Hall–Kier alpha value is -0.160. The zero-order valence-corrected chi connectivity index (χ0v) is 9.91. The van der Waals surface area contributed by atoms with Crippen LogP contribution >= 0.6 is 0 Å². The van der Waals surface area contributed by atoms with Crippen LogP contribution in [-0.2, 0) is 4.74 Å². The first-order valence-electron chi connectivity index (χ1n) is 5.89. The summed E-state index contributed by atoms with van der Waals surface area (Å²) in [6.07, 6.45) is 2.34. The number of rotatable bonds is 9. The highest BCUT2D eigenvalue weighted by molar-refractivity contribution is 4.84. The topological polar surface area (TPSA) is 44.7 Å². The van der Waals surface area contributed by atoms with Gasteiger partial charge in [0, 0.05) is 32.8 Å². The minimum absolute atomic E-state index is 0.383.